The van der Waals surface area contributed by atoms with Crippen LogP contribution in [-0.2, 0) is 4.74 Å². The van der Waals surface area contributed by atoms with Crippen molar-refractivity contribution in [3.8, 4) is 12.3 Å². The lowest BCUT2D eigenvalue weighted by Crippen LogP contribution is -2.61. The number of rotatable bonds is 0. The molecule has 2 unspecified atom stereocenters. The van der Waals surface area contributed by atoms with E-state index in [0.717, 1.165) is 13.1 Å². The number of terminal acetylenes is 1. The van der Waals surface area contributed by atoms with Crippen molar-refractivity contribution < 1.29 is 9.53 Å². The van der Waals surface area contributed by atoms with Crippen molar-refractivity contribution in [3.05, 3.63) is 0 Å². The highest BCUT2D eigenvalue weighted by Gasteiger charge is 2.43. The Morgan fingerprint density at radius 1 is 1.56 bits per heavy atom. The molecule has 1 amide bonds. The minimum absolute atomic E-state index is 0.194. The summed E-state index contributed by atoms with van der Waals surface area (Å²) in [6.07, 6.45) is 5.36. The van der Waals surface area contributed by atoms with Gasteiger partial charge in [-0.05, 0) is 26.3 Å². The fourth-order valence-electron chi connectivity index (χ4n) is 2.65. The van der Waals surface area contributed by atoms with Gasteiger partial charge >= 0.3 is 6.09 Å². The molecule has 0 aromatic heterocycles. The Bertz CT molecular complexity index is 370. The van der Waals surface area contributed by atoms with Crippen LogP contribution in [0, 0.1) is 18.3 Å². The summed E-state index contributed by atoms with van der Waals surface area (Å²) in [5, 5.41) is 3.47. The fourth-order valence-corrected chi connectivity index (χ4v) is 5.13. The molecule has 5 heteroatoms. The summed E-state index contributed by atoms with van der Waals surface area (Å²) in [6, 6.07) is 0. The maximum Gasteiger partial charge on any atom is 0.410 e. The van der Waals surface area contributed by atoms with Crippen LogP contribution >= 0.6 is 0 Å². The first-order chi connectivity index (χ1) is 8.40. The van der Waals surface area contributed by atoms with Gasteiger partial charge in [-0.2, -0.15) is 0 Å². The van der Waals surface area contributed by atoms with Gasteiger partial charge in [0.05, 0.1) is 0 Å². The van der Waals surface area contributed by atoms with Gasteiger partial charge in [0.15, 0.2) is 0 Å². The van der Waals surface area contributed by atoms with Crippen LogP contribution in [0.1, 0.15) is 20.8 Å². The van der Waals surface area contributed by atoms with E-state index in [9.17, 15) is 4.79 Å². The first-order valence-corrected chi connectivity index (χ1v) is 8.21. The number of nitrogens with zero attached hydrogens (tertiary/aromatic N) is 1. The number of hydrogen-bond donors (Lipinski definition) is 1. The number of fused-ring (bicyclic) bond motifs is 4. The molecule has 3 heterocycles. The standard InChI is InChI=1S/C13H22N2O2Si/c1-5-9-10-8-15(7-6-14-11(9)18-10)12(16)17-13(2,3)4/h1,9-11,14H,6-8,18H2,2-4H3/t9-,10?,11?/m0/s1. The molecule has 0 aliphatic carbocycles. The highest BCUT2D eigenvalue weighted by Crippen LogP contribution is 2.34. The summed E-state index contributed by atoms with van der Waals surface area (Å²) in [6.45, 7) is 8.01. The van der Waals surface area contributed by atoms with Crippen LogP contribution < -0.4 is 5.32 Å². The number of carbonyl (C=O) groups is 1. The first-order valence-electron chi connectivity index (χ1n) is 6.58. The smallest absolute Gasteiger partial charge is 0.410 e. The predicted molar refractivity (Wildman–Crippen MR) is 74.2 cm³/mol. The average Bonchev–Trinajstić information content (AvgIpc) is 2.12. The molecule has 3 saturated heterocycles. The summed E-state index contributed by atoms with van der Waals surface area (Å²) in [7, 11) is -0.194. The van der Waals surface area contributed by atoms with Gasteiger partial charge in [-0.25, -0.2) is 4.79 Å². The van der Waals surface area contributed by atoms with E-state index in [0.29, 0.717) is 23.7 Å². The molecule has 0 radical (unpaired) electrons. The van der Waals surface area contributed by atoms with Gasteiger partial charge in [0, 0.05) is 40.7 Å². The fraction of sp³-hybridized carbons (Fsp3) is 0.769. The summed E-state index contributed by atoms with van der Waals surface area (Å²) >= 11 is 0. The summed E-state index contributed by atoms with van der Waals surface area (Å²) in [5.41, 5.74) is 0.707. The van der Waals surface area contributed by atoms with Gasteiger partial charge < -0.3 is 15.0 Å². The highest BCUT2D eigenvalue weighted by atomic mass is 28.2. The molecule has 3 fully saturated rings. The maximum atomic E-state index is 12.1. The normalized spacial score (nSPS) is 33.0. The molecule has 18 heavy (non-hydrogen) atoms. The second kappa shape index (κ2) is 4.94. The Labute approximate surface area is 111 Å². The molecule has 3 atom stereocenters. The van der Waals surface area contributed by atoms with Crippen LogP contribution in [-0.4, -0.2) is 51.4 Å². The first kappa shape index (κ1) is 13.4. The number of nitrogens with one attached hydrogen (secondary N) is 1. The van der Waals surface area contributed by atoms with Crippen molar-refractivity contribution in [1.82, 2.24) is 10.2 Å². The third-order valence-electron chi connectivity index (χ3n) is 3.59. The summed E-state index contributed by atoms with van der Waals surface area (Å²) in [5.74, 6) is 3.19. The zero-order chi connectivity index (χ0) is 13.3. The Hall–Kier alpha value is -0.993. The van der Waals surface area contributed by atoms with Gasteiger partial charge in [-0.15, -0.1) is 12.3 Å². The molecule has 1 N–H and O–H groups in total. The molecule has 3 rings (SSSR count). The van der Waals surface area contributed by atoms with E-state index in [2.05, 4.69) is 11.2 Å². The lowest BCUT2D eigenvalue weighted by molar-refractivity contribution is 0.0224. The van der Waals surface area contributed by atoms with Crippen molar-refractivity contribution in [3.63, 3.8) is 0 Å². The Balaban J connectivity index is 1.97. The van der Waals surface area contributed by atoms with E-state index in [1.54, 1.807) is 0 Å². The molecular formula is C13H22N2O2Si. The summed E-state index contributed by atoms with van der Waals surface area (Å²) in [4.78, 5) is 13.9. The molecule has 2 bridgehead atoms. The van der Waals surface area contributed by atoms with E-state index in [-0.39, 0.29) is 15.6 Å². The van der Waals surface area contributed by atoms with E-state index in [4.69, 9.17) is 11.2 Å². The molecule has 100 valence electrons. The maximum absolute atomic E-state index is 12.1. The van der Waals surface area contributed by atoms with Gasteiger partial charge in [-0.3, -0.25) is 0 Å². The average molecular weight is 266 g/mol. The van der Waals surface area contributed by atoms with E-state index >= 15 is 0 Å². The Morgan fingerprint density at radius 3 is 2.89 bits per heavy atom. The lowest BCUT2D eigenvalue weighted by Gasteiger charge is -2.46. The van der Waals surface area contributed by atoms with Crippen molar-refractivity contribution in [2.45, 2.75) is 37.6 Å². The lowest BCUT2D eigenvalue weighted by atomic mass is 10.0. The van der Waals surface area contributed by atoms with Crippen LogP contribution in [0.4, 0.5) is 4.79 Å². The monoisotopic (exact) mass is 266 g/mol. The molecule has 3 aliphatic heterocycles. The molecular weight excluding hydrogens is 244 g/mol. The molecule has 0 aromatic carbocycles. The molecule has 0 spiro atoms. The van der Waals surface area contributed by atoms with Crippen molar-refractivity contribution in [2.75, 3.05) is 19.6 Å². The minimum atomic E-state index is -0.433. The quantitative estimate of drug-likeness (QED) is 0.509. The van der Waals surface area contributed by atoms with Gasteiger partial charge in [0.25, 0.3) is 0 Å². The van der Waals surface area contributed by atoms with Crippen molar-refractivity contribution in [1.29, 1.82) is 0 Å². The van der Waals surface area contributed by atoms with Gasteiger partial charge in [0.1, 0.15) is 5.60 Å². The Kier molecular flexibility index (Phi) is 3.69. The molecule has 4 nitrogen and oxygen atoms in total. The summed E-state index contributed by atoms with van der Waals surface area (Å²) < 4.78 is 5.43. The minimum Gasteiger partial charge on any atom is -0.444 e. The third-order valence-corrected chi connectivity index (χ3v) is 6.26. The van der Waals surface area contributed by atoms with Crippen LogP contribution in [0.15, 0.2) is 0 Å². The van der Waals surface area contributed by atoms with Crippen molar-refractivity contribution >= 4 is 15.6 Å². The molecule has 3 aliphatic rings. The van der Waals surface area contributed by atoms with E-state index in [1.807, 2.05) is 25.7 Å². The molecule has 0 aromatic rings. The SMILES string of the molecule is C#C[C@H]1C2CN(C(=O)OC(C)(C)C)CCNC1[SiH2]2. The third kappa shape index (κ3) is 2.87. The zero-order valence-electron chi connectivity index (χ0n) is 11.4. The second-order valence-corrected chi connectivity index (χ2v) is 8.58. The highest BCUT2D eigenvalue weighted by molar-refractivity contribution is 6.45. The van der Waals surface area contributed by atoms with Crippen LogP contribution in [0.25, 0.3) is 0 Å². The largest absolute Gasteiger partial charge is 0.444 e. The van der Waals surface area contributed by atoms with Crippen LogP contribution in [0.2, 0.25) is 5.54 Å². The van der Waals surface area contributed by atoms with Crippen LogP contribution in [0.5, 0.6) is 0 Å². The van der Waals surface area contributed by atoms with Gasteiger partial charge in [0.2, 0.25) is 0 Å². The van der Waals surface area contributed by atoms with E-state index in [1.165, 1.54) is 0 Å². The topological polar surface area (TPSA) is 41.6 Å². The number of amides is 1. The number of hydrogen-bond acceptors (Lipinski definition) is 3. The number of carbonyl (C=O) groups excluding carboxylic acids is 1. The van der Waals surface area contributed by atoms with Gasteiger partial charge in [-0.1, -0.05) is 0 Å². The zero-order valence-corrected chi connectivity index (χ0v) is 12.8. The van der Waals surface area contributed by atoms with E-state index < -0.39 is 5.60 Å². The van der Waals surface area contributed by atoms with Crippen LogP contribution in [0.3, 0.4) is 0 Å². The second-order valence-electron chi connectivity index (χ2n) is 6.18. The van der Waals surface area contributed by atoms with Crippen molar-refractivity contribution in [2.24, 2.45) is 5.92 Å². The predicted octanol–water partition coefficient (Wildman–Crippen LogP) is 0.373. The molecule has 0 saturated carbocycles. The Morgan fingerprint density at radius 2 is 2.28 bits per heavy atom. The number of ether oxygens (including phenoxy) is 1.